The first-order valence-corrected chi connectivity index (χ1v) is 15.8. The summed E-state index contributed by atoms with van der Waals surface area (Å²) in [6, 6.07) is 3.03. The maximum atomic E-state index is 13.5. The predicted molar refractivity (Wildman–Crippen MR) is 150 cm³/mol. The highest BCUT2D eigenvalue weighted by Crippen LogP contribution is 2.41. The molecule has 4 atom stereocenters. The molecule has 0 aromatic carbocycles. The van der Waals surface area contributed by atoms with Crippen molar-refractivity contribution in [1.29, 1.82) is 5.26 Å². The zero-order valence-electron chi connectivity index (χ0n) is 24.5. The van der Waals surface area contributed by atoms with Crippen molar-refractivity contribution < 1.29 is 33.3 Å². The molecule has 1 saturated heterocycles. The minimum absolute atomic E-state index is 0.263. The van der Waals surface area contributed by atoms with E-state index in [1.165, 1.54) is 0 Å². The topological polar surface area (TPSA) is 167 Å². The second-order valence-corrected chi connectivity index (χ2v) is 12.3. The fourth-order valence-corrected chi connectivity index (χ4v) is 6.96. The van der Waals surface area contributed by atoms with Gasteiger partial charge in [-0.1, -0.05) is 57.8 Å². The molecule has 5 rings (SSSR count). The summed E-state index contributed by atoms with van der Waals surface area (Å²) >= 11 is 0. The van der Waals surface area contributed by atoms with Gasteiger partial charge in [0.05, 0.1) is 17.8 Å². The van der Waals surface area contributed by atoms with E-state index in [1.807, 2.05) is 6.07 Å². The second kappa shape index (κ2) is 13.9. The number of esters is 3. The number of carbonyl (C=O) groups is 3. The third-order valence-corrected chi connectivity index (χ3v) is 9.42. The van der Waals surface area contributed by atoms with Crippen molar-refractivity contribution in [3.63, 3.8) is 0 Å². The van der Waals surface area contributed by atoms with Crippen LogP contribution in [0.4, 0.5) is 0 Å². The first kappa shape index (κ1) is 31.0. The van der Waals surface area contributed by atoms with Crippen LogP contribution in [0.25, 0.3) is 0 Å². The first-order valence-electron chi connectivity index (χ1n) is 15.8. The summed E-state index contributed by atoms with van der Waals surface area (Å²) in [7, 11) is 0. The highest BCUT2D eigenvalue weighted by molar-refractivity contribution is 5.74. The van der Waals surface area contributed by atoms with Crippen molar-refractivity contribution in [2.75, 3.05) is 6.61 Å². The fourth-order valence-electron chi connectivity index (χ4n) is 6.96. The van der Waals surface area contributed by atoms with Crippen LogP contribution in [0.5, 0.6) is 0 Å². The Kier molecular flexibility index (Phi) is 10.0. The molecule has 1 aromatic rings. The Morgan fingerprint density at radius 2 is 1.35 bits per heavy atom. The van der Waals surface area contributed by atoms with Crippen LogP contribution in [0.2, 0.25) is 0 Å². The van der Waals surface area contributed by atoms with Crippen molar-refractivity contribution >= 4 is 17.9 Å². The number of carbonyl (C=O) groups excluding carboxylic acids is 3. The lowest BCUT2D eigenvalue weighted by molar-refractivity contribution is -0.179. The van der Waals surface area contributed by atoms with Crippen LogP contribution in [0.15, 0.2) is 21.9 Å². The van der Waals surface area contributed by atoms with Gasteiger partial charge in [-0.25, -0.2) is 4.79 Å². The second-order valence-electron chi connectivity index (χ2n) is 12.3. The van der Waals surface area contributed by atoms with Crippen LogP contribution < -0.4 is 11.2 Å². The highest BCUT2D eigenvalue weighted by atomic mass is 16.7. The molecular weight excluding hydrogens is 558 g/mol. The Bertz CT molecular complexity index is 1310. The van der Waals surface area contributed by atoms with Crippen molar-refractivity contribution in [2.24, 2.45) is 17.8 Å². The van der Waals surface area contributed by atoms with E-state index in [-0.39, 0.29) is 18.4 Å². The molecule has 3 saturated carbocycles. The van der Waals surface area contributed by atoms with Gasteiger partial charge in [0.2, 0.25) is 6.10 Å². The predicted octanol–water partition coefficient (Wildman–Crippen LogP) is 3.22. The monoisotopic (exact) mass is 599 g/mol. The Morgan fingerprint density at radius 3 is 1.86 bits per heavy atom. The minimum atomic E-state index is -2.30. The van der Waals surface area contributed by atoms with Gasteiger partial charge in [0, 0.05) is 12.3 Å². The summed E-state index contributed by atoms with van der Waals surface area (Å²) in [4.78, 5) is 66.9. The van der Waals surface area contributed by atoms with Gasteiger partial charge in [0.1, 0.15) is 18.8 Å². The van der Waals surface area contributed by atoms with Crippen LogP contribution in [0.3, 0.4) is 0 Å². The SMILES string of the molecule is N#C[C@@]1(n2ccc(=O)[nH]c2=O)O[C@H](COC(=O)C2CCCCC2)[C@@H](OC(=O)C2CCCCC2)[C@H]1OC(=O)C1CCCCC1. The van der Waals surface area contributed by atoms with Crippen molar-refractivity contribution in [3.05, 3.63) is 33.1 Å². The lowest BCUT2D eigenvalue weighted by Gasteiger charge is -2.32. The largest absolute Gasteiger partial charge is 0.463 e. The molecule has 234 valence electrons. The molecule has 2 heterocycles. The van der Waals surface area contributed by atoms with Crippen LogP contribution in [0, 0.1) is 29.1 Å². The molecule has 0 bridgehead atoms. The number of nitriles is 1. The molecule has 0 radical (unpaired) electrons. The zero-order chi connectivity index (χ0) is 30.4. The summed E-state index contributed by atoms with van der Waals surface area (Å²) in [5.74, 6) is -2.56. The minimum Gasteiger partial charge on any atom is -0.463 e. The van der Waals surface area contributed by atoms with E-state index in [0.29, 0.717) is 38.5 Å². The Hall–Kier alpha value is -3.46. The average Bonchev–Trinajstić information content (AvgIpc) is 3.33. The number of rotatable bonds is 8. The van der Waals surface area contributed by atoms with E-state index in [2.05, 4.69) is 4.98 Å². The molecule has 43 heavy (non-hydrogen) atoms. The third-order valence-electron chi connectivity index (χ3n) is 9.42. The van der Waals surface area contributed by atoms with Gasteiger partial charge in [0.15, 0.2) is 6.10 Å². The van der Waals surface area contributed by atoms with Crippen LogP contribution in [-0.4, -0.2) is 52.4 Å². The molecule has 1 aromatic heterocycles. The molecule has 1 aliphatic heterocycles. The molecule has 0 spiro atoms. The average molecular weight is 600 g/mol. The summed E-state index contributed by atoms with van der Waals surface area (Å²) < 4.78 is 24.7. The van der Waals surface area contributed by atoms with Crippen LogP contribution in [0.1, 0.15) is 96.3 Å². The van der Waals surface area contributed by atoms with Gasteiger partial charge in [-0.2, -0.15) is 5.26 Å². The van der Waals surface area contributed by atoms with Crippen molar-refractivity contribution in [2.45, 2.75) is 120 Å². The molecule has 12 nitrogen and oxygen atoms in total. The number of ether oxygens (including phenoxy) is 4. The number of nitrogens with zero attached hydrogens (tertiary/aromatic N) is 2. The van der Waals surface area contributed by atoms with Crippen LogP contribution in [-0.2, 0) is 39.1 Å². The first-order chi connectivity index (χ1) is 20.8. The fraction of sp³-hybridized carbons (Fsp3) is 0.742. The van der Waals surface area contributed by atoms with E-state index in [4.69, 9.17) is 18.9 Å². The Morgan fingerprint density at radius 1 is 0.837 bits per heavy atom. The molecule has 4 aliphatic rings. The quantitative estimate of drug-likeness (QED) is 0.346. The maximum absolute atomic E-state index is 13.5. The molecule has 4 fully saturated rings. The van der Waals surface area contributed by atoms with Crippen LogP contribution >= 0.6 is 0 Å². The summed E-state index contributed by atoms with van der Waals surface area (Å²) in [6.45, 7) is -0.378. The van der Waals surface area contributed by atoms with Crippen molar-refractivity contribution in [1.82, 2.24) is 9.55 Å². The number of nitrogens with one attached hydrogen (secondary N) is 1. The molecule has 12 heteroatoms. The van der Waals surface area contributed by atoms with Gasteiger partial charge in [0.25, 0.3) is 11.3 Å². The van der Waals surface area contributed by atoms with E-state index < -0.39 is 59.1 Å². The number of aromatic amines is 1. The van der Waals surface area contributed by atoms with Gasteiger partial charge < -0.3 is 18.9 Å². The molecule has 1 N–H and O–H groups in total. The normalized spacial score (nSPS) is 29.0. The number of hydrogen-bond donors (Lipinski definition) is 1. The van der Waals surface area contributed by atoms with E-state index in [1.54, 1.807) is 0 Å². The number of aromatic nitrogens is 2. The number of hydrogen-bond acceptors (Lipinski definition) is 10. The Labute approximate surface area is 250 Å². The van der Waals surface area contributed by atoms with E-state index in [0.717, 1.165) is 74.6 Å². The molecule has 3 aliphatic carbocycles. The van der Waals surface area contributed by atoms with Gasteiger partial charge in [-0.15, -0.1) is 0 Å². The lowest BCUT2D eigenvalue weighted by atomic mass is 9.89. The van der Waals surface area contributed by atoms with Gasteiger partial charge >= 0.3 is 23.6 Å². The standard InChI is InChI=1S/C31H41N3O9/c32-19-31(34-17-16-24(35)33-30(34)39)26(42-29(38)22-14-8-3-9-15-22)25(41-28(37)21-12-6-2-7-13-21)23(43-31)18-40-27(36)20-10-4-1-5-11-20/h16-17,20-23,25-26H,1-15,18H2,(H,33,35,39)/t23-,25-,26-,31-/m1/s1. The van der Waals surface area contributed by atoms with Gasteiger partial charge in [-0.05, 0) is 38.5 Å². The smallest absolute Gasteiger partial charge is 0.331 e. The number of H-pyrrole nitrogens is 1. The lowest BCUT2D eigenvalue weighted by Crippen LogP contribution is -2.53. The highest BCUT2D eigenvalue weighted by Gasteiger charge is 2.63. The van der Waals surface area contributed by atoms with E-state index >= 15 is 0 Å². The third kappa shape index (κ3) is 6.87. The zero-order valence-corrected chi connectivity index (χ0v) is 24.5. The summed E-state index contributed by atoms with van der Waals surface area (Å²) in [5.41, 5.74) is -3.96. The van der Waals surface area contributed by atoms with Gasteiger partial charge in [-0.3, -0.25) is 28.7 Å². The Balaban J connectivity index is 1.49. The maximum Gasteiger partial charge on any atom is 0.331 e. The van der Waals surface area contributed by atoms with Crippen molar-refractivity contribution in [3.8, 4) is 6.07 Å². The summed E-state index contributed by atoms with van der Waals surface area (Å²) in [5, 5.41) is 10.6. The molecule has 0 unspecified atom stereocenters. The van der Waals surface area contributed by atoms with E-state index in [9.17, 15) is 29.2 Å². The molecular formula is C31H41N3O9. The molecule has 0 amide bonds. The summed E-state index contributed by atoms with van der Waals surface area (Å²) in [6.07, 6.45) is 9.25.